The fourth-order valence-electron chi connectivity index (χ4n) is 3.03. The van der Waals surface area contributed by atoms with E-state index in [9.17, 15) is 9.90 Å². The van der Waals surface area contributed by atoms with Gasteiger partial charge in [0.15, 0.2) is 0 Å². The summed E-state index contributed by atoms with van der Waals surface area (Å²) in [6, 6.07) is 12.0. The van der Waals surface area contributed by atoms with E-state index in [-0.39, 0.29) is 11.8 Å². The van der Waals surface area contributed by atoms with Gasteiger partial charge in [-0.3, -0.25) is 9.78 Å². The van der Waals surface area contributed by atoms with Gasteiger partial charge in [-0.1, -0.05) is 24.3 Å². The molecule has 1 aromatic carbocycles. The Labute approximate surface area is 129 Å². The van der Waals surface area contributed by atoms with Crippen molar-refractivity contribution in [3.05, 3.63) is 42.1 Å². The third-order valence-corrected chi connectivity index (χ3v) is 4.24. The molecule has 0 aliphatic carbocycles. The van der Waals surface area contributed by atoms with Gasteiger partial charge < -0.3 is 15.7 Å². The number of hydrogen-bond donors (Lipinski definition) is 2. The molecule has 1 aromatic heterocycles. The molecule has 0 unspecified atom stereocenters. The molecule has 2 heterocycles. The molecule has 1 amide bonds. The van der Waals surface area contributed by atoms with Crippen molar-refractivity contribution >= 4 is 16.8 Å². The standard InChI is InChI=1S/C17H21N3O2/c18-8-7-17(22)20-10-13(16(21)11-20)9-14-6-5-12-3-1-2-4-15(12)19-14/h1-6,13,16,21H,7-11,18H2/t13-,16-/m1/s1. The first-order chi connectivity index (χ1) is 10.7. The summed E-state index contributed by atoms with van der Waals surface area (Å²) >= 11 is 0. The number of aliphatic hydroxyl groups is 1. The summed E-state index contributed by atoms with van der Waals surface area (Å²) in [7, 11) is 0. The van der Waals surface area contributed by atoms with E-state index in [1.165, 1.54) is 0 Å². The number of nitrogens with zero attached hydrogens (tertiary/aromatic N) is 2. The lowest BCUT2D eigenvalue weighted by molar-refractivity contribution is -0.130. The minimum Gasteiger partial charge on any atom is -0.391 e. The second-order valence-electron chi connectivity index (χ2n) is 5.86. The van der Waals surface area contributed by atoms with E-state index >= 15 is 0 Å². The average Bonchev–Trinajstić information content (AvgIpc) is 2.89. The molecule has 3 rings (SSSR count). The number of likely N-dealkylation sites (tertiary alicyclic amines) is 1. The highest BCUT2D eigenvalue weighted by molar-refractivity contribution is 5.78. The van der Waals surface area contributed by atoms with Gasteiger partial charge in [0, 0.05) is 43.1 Å². The molecule has 1 saturated heterocycles. The molecule has 0 bridgehead atoms. The van der Waals surface area contributed by atoms with E-state index in [0.717, 1.165) is 16.6 Å². The Balaban J connectivity index is 1.70. The second-order valence-corrected chi connectivity index (χ2v) is 5.86. The van der Waals surface area contributed by atoms with Crippen molar-refractivity contribution < 1.29 is 9.90 Å². The van der Waals surface area contributed by atoms with Gasteiger partial charge in [0.2, 0.25) is 5.91 Å². The highest BCUT2D eigenvalue weighted by atomic mass is 16.3. The van der Waals surface area contributed by atoms with Gasteiger partial charge in [-0.25, -0.2) is 0 Å². The Morgan fingerprint density at radius 3 is 2.91 bits per heavy atom. The lowest BCUT2D eigenvalue weighted by atomic mass is 9.99. The third kappa shape index (κ3) is 3.10. The maximum absolute atomic E-state index is 11.9. The van der Waals surface area contributed by atoms with Crippen LogP contribution in [-0.4, -0.2) is 46.6 Å². The first-order valence-electron chi connectivity index (χ1n) is 7.68. The molecule has 1 aliphatic heterocycles. The number of fused-ring (bicyclic) bond motifs is 1. The van der Waals surface area contributed by atoms with Crippen LogP contribution in [0.1, 0.15) is 12.1 Å². The number of aromatic nitrogens is 1. The van der Waals surface area contributed by atoms with Crippen molar-refractivity contribution in [1.29, 1.82) is 0 Å². The van der Waals surface area contributed by atoms with E-state index in [0.29, 0.717) is 32.5 Å². The molecule has 2 aromatic rings. The molecule has 0 spiro atoms. The van der Waals surface area contributed by atoms with Gasteiger partial charge >= 0.3 is 0 Å². The molecule has 3 N–H and O–H groups in total. The largest absolute Gasteiger partial charge is 0.391 e. The molecular weight excluding hydrogens is 278 g/mol. The Kier molecular flexibility index (Phi) is 4.36. The summed E-state index contributed by atoms with van der Waals surface area (Å²) < 4.78 is 0. The van der Waals surface area contributed by atoms with Gasteiger partial charge in [0.05, 0.1) is 11.6 Å². The predicted octanol–water partition coefficient (Wildman–Crippen LogP) is 0.945. The van der Waals surface area contributed by atoms with E-state index in [4.69, 9.17) is 5.73 Å². The summed E-state index contributed by atoms with van der Waals surface area (Å²) in [6.45, 7) is 1.33. The van der Waals surface area contributed by atoms with Gasteiger partial charge in [-0.2, -0.15) is 0 Å². The third-order valence-electron chi connectivity index (χ3n) is 4.24. The number of carbonyl (C=O) groups is 1. The summed E-state index contributed by atoms with van der Waals surface area (Å²) in [5.74, 6) is 0.0610. The number of aliphatic hydroxyl groups excluding tert-OH is 1. The van der Waals surface area contributed by atoms with Crippen LogP contribution in [0.5, 0.6) is 0 Å². The average molecular weight is 299 g/mol. The Morgan fingerprint density at radius 1 is 1.27 bits per heavy atom. The van der Waals surface area contributed by atoms with Crippen LogP contribution in [0.25, 0.3) is 10.9 Å². The Hall–Kier alpha value is -1.98. The molecule has 5 nitrogen and oxygen atoms in total. The molecule has 1 fully saturated rings. The zero-order chi connectivity index (χ0) is 15.5. The fourth-order valence-corrected chi connectivity index (χ4v) is 3.03. The number of hydrogen-bond acceptors (Lipinski definition) is 4. The highest BCUT2D eigenvalue weighted by Crippen LogP contribution is 2.22. The molecule has 1 aliphatic rings. The van der Waals surface area contributed by atoms with Crippen LogP contribution < -0.4 is 5.73 Å². The van der Waals surface area contributed by atoms with Crippen molar-refractivity contribution in [2.45, 2.75) is 18.9 Å². The topological polar surface area (TPSA) is 79.5 Å². The molecule has 0 radical (unpaired) electrons. The lowest BCUT2D eigenvalue weighted by Crippen LogP contribution is -2.31. The monoisotopic (exact) mass is 299 g/mol. The van der Waals surface area contributed by atoms with E-state index in [1.807, 2.05) is 30.3 Å². The first-order valence-corrected chi connectivity index (χ1v) is 7.68. The smallest absolute Gasteiger partial charge is 0.223 e. The number of para-hydroxylation sites is 1. The van der Waals surface area contributed by atoms with Crippen LogP contribution in [0.2, 0.25) is 0 Å². The fraction of sp³-hybridized carbons (Fsp3) is 0.412. The zero-order valence-electron chi connectivity index (χ0n) is 12.5. The predicted molar refractivity (Wildman–Crippen MR) is 85.2 cm³/mol. The highest BCUT2D eigenvalue weighted by Gasteiger charge is 2.33. The maximum atomic E-state index is 11.9. The van der Waals surface area contributed by atoms with E-state index in [1.54, 1.807) is 4.90 Å². The van der Waals surface area contributed by atoms with Crippen LogP contribution in [0.4, 0.5) is 0 Å². The summed E-state index contributed by atoms with van der Waals surface area (Å²) in [5, 5.41) is 11.3. The molecule has 0 saturated carbocycles. The number of nitrogens with two attached hydrogens (primary N) is 1. The Bertz CT molecular complexity index is 674. The number of benzene rings is 1. The number of carbonyl (C=O) groups excluding carboxylic acids is 1. The molecule has 5 heteroatoms. The minimum atomic E-state index is -0.491. The van der Waals surface area contributed by atoms with E-state index < -0.39 is 6.10 Å². The van der Waals surface area contributed by atoms with E-state index in [2.05, 4.69) is 11.1 Å². The quantitative estimate of drug-likeness (QED) is 0.881. The molecule has 22 heavy (non-hydrogen) atoms. The Morgan fingerprint density at radius 2 is 2.09 bits per heavy atom. The van der Waals surface area contributed by atoms with Crippen molar-refractivity contribution in [2.24, 2.45) is 11.7 Å². The van der Waals surface area contributed by atoms with Gasteiger partial charge in [-0.05, 0) is 18.6 Å². The minimum absolute atomic E-state index is 0.0236. The number of amides is 1. The summed E-state index contributed by atoms with van der Waals surface area (Å²) in [4.78, 5) is 18.2. The maximum Gasteiger partial charge on any atom is 0.223 e. The van der Waals surface area contributed by atoms with Crippen LogP contribution in [0.15, 0.2) is 36.4 Å². The van der Waals surface area contributed by atoms with Crippen molar-refractivity contribution in [3.63, 3.8) is 0 Å². The van der Waals surface area contributed by atoms with Gasteiger partial charge in [0.1, 0.15) is 0 Å². The van der Waals surface area contributed by atoms with Gasteiger partial charge in [-0.15, -0.1) is 0 Å². The second kappa shape index (κ2) is 6.42. The number of β-amino-alcohol motifs (C(OH)–C–C–N with tert-alkyl or cyclic N) is 1. The van der Waals surface area contributed by atoms with Crippen molar-refractivity contribution in [2.75, 3.05) is 19.6 Å². The van der Waals surface area contributed by atoms with Crippen LogP contribution >= 0.6 is 0 Å². The molecule has 116 valence electrons. The van der Waals surface area contributed by atoms with Gasteiger partial charge in [0.25, 0.3) is 0 Å². The van der Waals surface area contributed by atoms with Crippen molar-refractivity contribution in [3.8, 4) is 0 Å². The van der Waals surface area contributed by atoms with Crippen LogP contribution in [0.3, 0.4) is 0 Å². The summed E-state index contributed by atoms with van der Waals surface area (Å²) in [5.41, 5.74) is 7.34. The lowest BCUT2D eigenvalue weighted by Gasteiger charge is -2.15. The number of pyridine rings is 1. The normalized spacial score (nSPS) is 21.5. The molecule has 2 atom stereocenters. The SMILES string of the molecule is NCCC(=O)N1C[C@@H](Cc2ccc3ccccc3n2)[C@H](O)C1. The number of rotatable bonds is 4. The summed E-state index contributed by atoms with van der Waals surface area (Å²) in [6.07, 6.45) is 0.529. The van der Waals surface area contributed by atoms with Crippen LogP contribution in [0, 0.1) is 5.92 Å². The van der Waals surface area contributed by atoms with Crippen LogP contribution in [-0.2, 0) is 11.2 Å². The zero-order valence-corrected chi connectivity index (χ0v) is 12.5. The molecular formula is C17H21N3O2. The first kappa shape index (κ1) is 14.9. The van der Waals surface area contributed by atoms with Crippen molar-refractivity contribution in [1.82, 2.24) is 9.88 Å².